The molecule has 5 nitrogen and oxygen atoms in total. The summed E-state index contributed by atoms with van der Waals surface area (Å²) < 4.78 is 13.2. The summed E-state index contributed by atoms with van der Waals surface area (Å²) in [6.45, 7) is 2.96. The van der Waals surface area contributed by atoms with Crippen molar-refractivity contribution in [2.45, 2.75) is 31.8 Å². The normalized spacial score (nSPS) is 22.6. The summed E-state index contributed by atoms with van der Waals surface area (Å²) in [5.74, 6) is 0.738. The van der Waals surface area contributed by atoms with Crippen LogP contribution in [0.3, 0.4) is 0 Å². The summed E-state index contributed by atoms with van der Waals surface area (Å²) in [7, 11) is 0. The minimum absolute atomic E-state index is 0.0683. The fraction of sp³-hybridized carbons (Fsp3) is 0.429. The zero-order chi connectivity index (χ0) is 15.0. The van der Waals surface area contributed by atoms with Gasteiger partial charge in [-0.25, -0.2) is 4.39 Å². The number of anilines is 1. The maximum atomic E-state index is 13.2. The molecular formula is C14H17ClFN5. The van der Waals surface area contributed by atoms with Crippen molar-refractivity contribution in [2.75, 3.05) is 11.4 Å². The van der Waals surface area contributed by atoms with E-state index in [0.29, 0.717) is 17.3 Å². The summed E-state index contributed by atoms with van der Waals surface area (Å²) in [6.07, 6.45) is 2.04. The highest BCUT2D eigenvalue weighted by Gasteiger charge is 2.27. The average molecular weight is 310 g/mol. The molecule has 1 fully saturated rings. The van der Waals surface area contributed by atoms with Crippen LogP contribution in [0, 0.1) is 5.82 Å². The van der Waals surface area contributed by atoms with Crippen molar-refractivity contribution in [1.29, 1.82) is 0 Å². The van der Waals surface area contributed by atoms with Crippen LogP contribution in [0.25, 0.3) is 11.4 Å². The van der Waals surface area contributed by atoms with Gasteiger partial charge in [-0.05, 0) is 38.0 Å². The van der Waals surface area contributed by atoms with Gasteiger partial charge in [0.1, 0.15) is 5.82 Å². The van der Waals surface area contributed by atoms with Crippen molar-refractivity contribution in [3.05, 3.63) is 29.0 Å². The molecule has 2 aromatic rings. The Hall–Kier alpha value is -1.66. The molecule has 21 heavy (non-hydrogen) atoms. The van der Waals surface area contributed by atoms with E-state index < -0.39 is 5.82 Å². The minimum Gasteiger partial charge on any atom is -0.335 e. The number of nitrogens with two attached hydrogens (primary N) is 1. The fourth-order valence-electron chi connectivity index (χ4n) is 2.61. The van der Waals surface area contributed by atoms with Crippen LogP contribution in [-0.2, 0) is 0 Å². The van der Waals surface area contributed by atoms with Gasteiger partial charge in [0.05, 0.1) is 5.02 Å². The van der Waals surface area contributed by atoms with Gasteiger partial charge in [-0.3, -0.25) is 5.10 Å². The van der Waals surface area contributed by atoms with Gasteiger partial charge in [0.25, 0.3) is 0 Å². The topological polar surface area (TPSA) is 70.8 Å². The van der Waals surface area contributed by atoms with Crippen molar-refractivity contribution >= 4 is 17.5 Å². The van der Waals surface area contributed by atoms with E-state index in [-0.39, 0.29) is 17.1 Å². The second kappa shape index (κ2) is 5.61. The van der Waals surface area contributed by atoms with Crippen molar-refractivity contribution < 1.29 is 4.39 Å². The number of aromatic amines is 1. The first-order valence-corrected chi connectivity index (χ1v) is 7.34. The number of H-pyrrole nitrogens is 1. The molecule has 0 radical (unpaired) electrons. The Morgan fingerprint density at radius 1 is 1.48 bits per heavy atom. The zero-order valence-electron chi connectivity index (χ0n) is 11.7. The van der Waals surface area contributed by atoms with Gasteiger partial charge in [-0.1, -0.05) is 11.6 Å². The Morgan fingerprint density at radius 3 is 3.05 bits per heavy atom. The molecule has 3 rings (SSSR count). The van der Waals surface area contributed by atoms with Crippen LogP contribution >= 0.6 is 11.6 Å². The molecule has 0 saturated carbocycles. The van der Waals surface area contributed by atoms with Gasteiger partial charge in [-0.15, -0.1) is 5.10 Å². The molecule has 0 bridgehead atoms. The molecule has 2 heterocycles. The summed E-state index contributed by atoms with van der Waals surface area (Å²) in [5.41, 5.74) is 6.80. The van der Waals surface area contributed by atoms with Gasteiger partial charge in [0.15, 0.2) is 5.82 Å². The third kappa shape index (κ3) is 2.73. The predicted molar refractivity (Wildman–Crippen MR) is 80.8 cm³/mol. The van der Waals surface area contributed by atoms with Crippen molar-refractivity contribution in [3.8, 4) is 11.4 Å². The predicted octanol–water partition coefficient (Wildman–Crippen LogP) is 2.58. The van der Waals surface area contributed by atoms with E-state index in [1.54, 1.807) is 6.07 Å². The van der Waals surface area contributed by atoms with E-state index in [9.17, 15) is 4.39 Å². The molecular weight excluding hydrogens is 293 g/mol. The number of piperidine rings is 1. The lowest BCUT2D eigenvalue weighted by atomic mass is 9.99. The van der Waals surface area contributed by atoms with Crippen LogP contribution in [0.4, 0.5) is 10.3 Å². The van der Waals surface area contributed by atoms with E-state index in [0.717, 1.165) is 19.4 Å². The number of hydrogen-bond acceptors (Lipinski definition) is 4. The molecule has 112 valence electrons. The molecule has 0 spiro atoms. The summed E-state index contributed by atoms with van der Waals surface area (Å²) in [6, 6.07) is 4.79. The van der Waals surface area contributed by atoms with Gasteiger partial charge >= 0.3 is 0 Å². The molecule has 0 aliphatic carbocycles. The molecule has 7 heteroatoms. The molecule has 2 atom stereocenters. The summed E-state index contributed by atoms with van der Waals surface area (Å²) in [4.78, 5) is 6.58. The number of aromatic nitrogens is 3. The second-order valence-electron chi connectivity index (χ2n) is 5.35. The molecule has 2 unspecified atom stereocenters. The monoisotopic (exact) mass is 309 g/mol. The first kappa shape index (κ1) is 14.3. The van der Waals surface area contributed by atoms with Crippen LogP contribution in [0.15, 0.2) is 18.2 Å². The standard InChI is InChI=1S/C14H17ClFN5/c1-8-12(17)3-2-6-21(8)14-18-13(19-20-14)9-4-5-11(16)10(15)7-9/h4-5,7-8,12H,2-3,6,17H2,1H3,(H,18,19,20). The molecule has 1 aromatic heterocycles. The Morgan fingerprint density at radius 2 is 2.29 bits per heavy atom. The SMILES string of the molecule is CC1C(N)CCCN1c1n[nH]c(-c2ccc(F)c(Cl)c2)n1. The molecule has 1 saturated heterocycles. The van der Waals surface area contributed by atoms with E-state index in [4.69, 9.17) is 17.3 Å². The lowest BCUT2D eigenvalue weighted by molar-refractivity contribution is 0.416. The maximum Gasteiger partial charge on any atom is 0.245 e. The van der Waals surface area contributed by atoms with Crippen molar-refractivity contribution in [2.24, 2.45) is 5.73 Å². The van der Waals surface area contributed by atoms with Crippen LogP contribution in [0.2, 0.25) is 5.02 Å². The molecule has 3 N–H and O–H groups in total. The first-order valence-electron chi connectivity index (χ1n) is 6.96. The van der Waals surface area contributed by atoms with Crippen LogP contribution < -0.4 is 10.6 Å². The van der Waals surface area contributed by atoms with Gasteiger partial charge in [-0.2, -0.15) is 4.98 Å². The largest absolute Gasteiger partial charge is 0.335 e. The first-order chi connectivity index (χ1) is 10.1. The lowest BCUT2D eigenvalue weighted by Crippen LogP contribution is -2.50. The Balaban J connectivity index is 1.87. The minimum atomic E-state index is -0.448. The summed E-state index contributed by atoms with van der Waals surface area (Å²) >= 11 is 5.80. The molecule has 1 aliphatic rings. The maximum absolute atomic E-state index is 13.2. The van der Waals surface area contributed by atoms with Crippen LogP contribution in [0.5, 0.6) is 0 Å². The number of hydrogen-bond donors (Lipinski definition) is 2. The smallest absolute Gasteiger partial charge is 0.245 e. The second-order valence-corrected chi connectivity index (χ2v) is 5.76. The fourth-order valence-corrected chi connectivity index (χ4v) is 2.79. The Kier molecular flexibility index (Phi) is 3.82. The van der Waals surface area contributed by atoms with Gasteiger partial charge < -0.3 is 10.6 Å². The number of benzene rings is 1. The Labute approximate surface area is 127 Å². The van der Waals surface area contributed by atoms with E-state index in [1.807, 2.05) is 0 Å². The molecule has 1 aromatic carbocycles. The highest BCUT2D eigenvalue weighted by Crippen LogP contribution is 2.25. The van der Waals surface area contributed by atoms with Crippen LogP contribution in [0.1, 0.15) is 19.8 Å². The van der Waals surface area contributed by atoms with Crippen molar-refractivity contribution in [1.82, 2.24) is 15.2 Å². The van der Waals surface area contributed by atoms with Gasteiger partial charge in [0, 0.05) is 24.2 Å². The lowest BCUT2D eigenvalue weighted by Gasteiger charge is -2.36. The Bertz CT molecular complexity index is 644. The van der Waals surface area contributed by atoms with E-state index >= 15 is 0 Å². The number of nitrogens with zero attached hydrogens (tertiary/aromatic N) is 3. The quantitative estimate of drug-likeness (QED) is 0.894. The molecule has 1 aliphatic heterocycles. The van der Waals surface area contributed by atoms with Crippen molar-refractivity contribution in [3.63, 3.8) is 0 Å². The number of rotatable bonds is 2. The zero-order valence-corrected chi connectivity index (χ0v) is 12.4. The highest BCUT2D eigenvalue weighted by molar-refractivity contribution is 6.31. The van der Waals surface area contributed by atoms with Crippen LogP contribution in [-0.4, -0.2) is 33.8 Å². The van der Waals surface area contributed by atoms with E-state index in [1.165, 1.54) is 12.1 Å². The third-order valence-electron chi connectivity index (χ3n) is 3.97. The number of halogens is 2. The average Bonchev–Trinajstić information content (AvgIpc) is 2.94. The highest BCUT2D eigenvalue weighted by atomic mass is 35.5. The van der Waals surface area contributed by atoms with E-state index in [2.05, 4.69) is 27.0 Å². The van der Waals surface area contributed by atoms with Gasteiger partial charge in [0.2, 0.25) is 5.95 Å². The molecule has 0 amide bonds. The number of nitrogens with one attached hydrogen (secondary N) is 1. The third-order valence-corrected chi connectivity index (χ3v) is 4.26. The summed E-state index contributed by atoms with van der Waals surface area (Å²) in [5, 5.41) is 7.20.